The third-order valence-electron chi connectivity index (χ3n) is 2.45. The Morgan fingerprint density at radius 1 is 1.27 bits per heavy atom. The summed E-state index contributed by atoms with van der Waals surface area (Å²) in [5.41, 5.74) is 0. The van der Waals surface area contributed by atoms with E-state index in [1.165, 1.54) is 25.7 Å². The molecule has 0 saturated heterocycles. The molecule has 2 atom stereocenters. The molecular weight excluding hydrogens is 136 g/mol. The van der Waals surface area contributed by atoms with Gasteiger partial charge in [0.2, 0.25) is 0 Å². The van der Waals surface area contributed by atoms with Gasteiger partial charge in [-0.2, -0.15) is 0 Å². The van der Waals surface area contributed by atoms with Gasteiger partial charge >= 0.3 is 0 Å². The van der Waals surface area contributed by atoms with Gasteiger partial charge in [-0.25, -0.2) is 0 Å². The number of allylic oxidation sites excluding steroid dienone is 1. The maximum Gasteiger partial charge on any atom is 0.0721 e. The van der Waals surface area contributed by atoms with Crippen molar-refractivity contribution in [3.05, 3.63) is 12.2 Å². The normalized spacial score (nSPS) is 35.8. The average molecular weight is 154 g/mol. The van der Waals surface area contributed by atoms with Gasteiger partial charge in [0.1, 0.15) is 0 Å². The van der Waals surface area contributed by atoms with Crippen molar-refractivity contribution in [2.75, 3.05) is 0 Å². The van der Waals surface area contributed by atoms with E-state index >= 15 is 0 Å². The SMILES string of the molecule is CC[C@H]1/C=C\[C@H](O)CCCC1. The Labute approximate surface area is 69.1 Å². The zero-order chi connectivity index (χ0) is 8.10. The lowest BCUT2D eigenvalue weighted by Gasteiger charge is -2.15. The van der Waals surface area contributed by atoms with Crippen LogP contribution in [0, 0.1) is 5.92 Å². The first-order valence-electron chi connectivity index (χ1n) is 4.69. The van der Waals surface area contributed by atoms with Crippen LogP contribution >= 0.6 is 0 Å². The number of rotatable bonds is 1. The van der Waals surface area contributed by atoms with Gasteiger partial charge in [-0.05, 0) is 25.2 Å². The Morgan fingerprint density at radius 3 is 2.73 bits per heavy atom. The maximum absolute atomic E-state index is 9.34. The highest BCUT2D eigenvalue weighted by Gasteiger charge is 2.07. The largest absolute Gasteiger partial charge is 0.389 e. The Kier molecular flexibility index (Phi) is 3.64. The van der Waals surface area contributed by atoms with E-state index in [1.54, 1.807) is 0 Å². The highest BCUT2D eigenvalue weighted by Crippen LogP contribution is 2.19. The van der Waals surface area contributed by atoms with Gasteiger partial charge in [-0.15, -0.1) is 0 Å². The molecule has 0 amide bonds. The van der Waals surface area contributed by atoms with Gasteiger partial charge in [-0.3, -0.25) is 0 Å². The summed E-state index contributed by atoms with van der Waals surface area (Å²) < 4.78 is 0. The molecule has 1 nitrogen and oxygen atoms in total. The van der Waals surface area contributed by atoms with Crippen LogP contribution in [0.3, 0.4) is 0 Å². The van der Waals surface area contributed by atoms with Crippen LogP contribution < -0.4 is 0 Å². The molecule has 0 heterocycles. The van der Waals surface area contributed by atoms with Crippen LogP contribution in [0.15, 0.2) is 12.2 Å². The second-order valence-corrected chi connectivity index (χ2v) is 3.41. The topological polar surface area (TPSA) is 20.2 Å². The zero-order valence-corrected chi connectivity index (χ0v) is 7.29. The number of aliphatic hydroxyl groups excluding tert-OH is 1. The fourth-order valence-electron chi connectivity index (χ4n) is 1.58. The fraction of sp³-hybridized carbons (Fsp3) is 0.800. The lowest BCUT2D eigenvalue weighted by Crippen LogP contribution is -2.07. The molecule has 1 N–H and O–H groups in total. The van der Waals surface area contributed by atoms with Gasteiger partial charge in [0.15, 0.2) is 0 Å². The maximum atomic E-state index is 9.34. The van der Waals surface area contributed by atoms with Crippen molar-refractivity contribution in [1.82, 2.24) is 0 Å². The molecule has 1 heteroatoms. The predicted molar refractivity (Wildman–Crippen MR) is 47.4 cm³/mol. The summed E-state index contributed by atoms with van der Waals surface area (Å²) in [5.74, 6) is 0.713. The molecule has 11 heavy (non-hydrogen) atoms. The lowest BCUT2D eigenvalue weighted by molar-refractivity contribution is 0.203. The highest BCUT2D eigenvalue weighted by atomic mass is 16.3. The Morgan fingerprint density at radius 2 is 2.00 bits per heavy atom. The van der Waals surface area contributed by atoms with Crippen molar-refractivity contribution in [2.45, 2.75) is 45.1 Å². The van der Waals surface area contributed by atoms with Gasteiger partial charge < -0.3 is 5.11 Å². The molecule has 0 radical (unpaired) electrons. The molecule has 1 rings (SSSR count). The minimum absolute atomic E-state index is 0.177. The van der Waals surface area contributed by atoms with E-state index in [2.05, 4.69) is 13.0 Å². The third kappa shape index (κ3) is 3.06. The summed E-state index contributed by atoms with van der Waals surface area (Å²) >= 11 is 0. The molecule has 64 valence electrons. The quantitative estimate of drug-likeness (QED) is 0.575. The van der Waals surface area contributed by atoms with Crippen LogP contribution in [-0.2, 0) is 0 Å². The molecule has 0 bridgehead atoms. The molecule has 1 aliphatic carbocycles. The van der Waals surface area contributed by atoms with Crippen molar-refractivity contribution in [1.29, 1.82) is 0 Å². The minimum atomic E-state index is -0.177. The van der Waals surface area contributed by atoms with Crippen LogP contribution in [0.5, 0.6) is 0 Å². The highest BCUT2D eigenvalue weighted by molar-refractivity contribution is 4.94. The molecular formula is C10H18O. The predicted octanol–water partition coefficient (Wildman–Crippen LogP) is 2.50. The summed E-state index contributed by atoms with van der Waals surface area (Å²) in [5, 5.41) is 9.34. The molecule has 0 fully saturated rings. The third-order valence-corrected chi connectivity index (χ3v) is 2.45. The summed E-state index contributed by atoms with van der Waals surface area (Å²) in [4.78, 5) is 0. The van der Waals surface area contributed by atoms with E-state index in [9.17, 15) is 5.11 Å². The monoisotopic (exact) mass is 154 g/mol. The lowest BCUT2D eigenvalue weighted by atomic mass is 9.94. The first-order valence-corrected chi connectivity index (χ1v) is 4.69. The first kappa shape index (κ1) is 8.79. The van der Waals surface area contributed by atoms with Crippen LogP contribution in [0.25, 0.3) is 0 Å². The van der Waals surface area contributed by atoms with Crippen LogP contribution in [-0.4, -0.2) is 11.2 Å². The standard InChI is InChI=1S/C10H18O/c1-2-9-5-3-4-6-10(11)8-7-9/h7-11H,2-6H2,1H3/b8-7-/t9-,10-/m1/s1. The number of aliphatic hydroxyl groups is 1. The van der Waals surface area contributed by atoms with E-state index in [0.717, 1.165) is 6.42 Å². The van der Waals surface area contributed by atoms with Gasteiger partial charge in [0.25, 0.3) is 0 Å². The van der Waals surface area contributed by atoms with E-state index in [0.29, 0.717) is 5.92 Å². The number of hydrogen-bond donors (Lipinski definition) is 1. The molecule has 0 saturated carbocycles. The summed E-state index contributed by atoms with van der Waals surface area (Å²) in [6.07, 6.45) is 9.90. The van der Waals surface area contributed by atoms with Crippen molar-refractivity contribution in [3.8, 4) is 0 Å². The molecule has 0 aliphatic heterocycles. The molecule has 0 aromatic heterocycles. The average Bonchev–Trinajstić information content (AvgIpc) is 1.98. The Bertz CT molecular complexity index is 129. The molecule has 0 unspecified atom stereocenters. The van der Waals surface area contributed by atoms with Crippen LogP contribution in [0.1, 0.15) is 39.0 Å². The molecule has 0 aromatic rings. The fourth-order valence-corrected chi connectivity index (χ4v) is 1.58. The summed E-state index contributed by atoms with van der Waals surface area (Å²) in [6.45, 7) is 2.21. The Hall–Kier alpha value is -0.300. The summed E-state index contributed by atoms with van der Waals surface area (Å²) in [6, 6.07) is 0. The zero-order valence-electron chi connectivity index (χ0n) is 7.29. The van der Waals surface area contributed by atoms with E-state index < -0.39 is 0 Å². The van der Waals surface area contributed by atoms with E-state index in [4.69, 9.17) is 0 Å². The molecule has 0 aromatic carbocycles. The second kappa shape index (κ2) is 4.55. The van der Waals surface area contributed by atoms with Crippen LogP contribution in [0.4, 0.5) is 0 Å². The second-order valence-electron chi connectivity index (χ2n) is 3.41. The van der Waals surface area contributed by atoms with Gasteiger partial charge in [-0.1, -0.05) is 31.9 Å². The van der Waals surface area contributed by atoms with Gasteiger partial charge in [0.05, 0.1) is 6.10 Å². The van der Waals surface area contributed by atoms with E-state index in [1.807, 2.05) is 6.08 Å². The van der Waals surface area contributed by atoms with Crippen molar-refractivity contribution >= 4 is 0 Å². The Balaban J connectivity index is 2.43. The number of hydrogen-bond acceptors (Lipinski definition) is 1. The minimum Gasteiger partial charge on any atom is -0.389 e. The van der Waals surface area contributed by atoms with E-state index in [-0.39, 0.29) is 6.10 Å². The molecule has 1 aliphatic rings. The van der Waals surface area contributed by atoms with Crippen molar-refractivity contribution in [3.63, 3.8) is 0 Å². The first-order chi connectivity index (χ1) is 5.33. The van der Waals surface area contributed by atoms with Crippen molar-refractivity contribution in [2.24, 2.45) is 5.92 Å². The van der Waals surface area contributed by atoms with Gasteiger partial charge in [0, 0.05) is 0 Å². The van der Waals surface area contributed by atoms with Crippen LogP contribution in [0.2, 0.25) is 0 Å². The smallest absolute Gasteiger partial charge is 0.0721 e. The van der Waals surface area contributed by atoms with Crippen molar-refractivity contribution < 1.29 is 5.11 Å². The summed E-state index contributed by atoms with van der Waals surface area (Å²) in [7, 11) is 0. The molecule has 0 spiro atoms.